The highest BCUT2D eigenvalue weighted by Gasteiger charge is 2.09. The maximum atomic E-state index is 12.6. The standard InChI is InChI=1S/C25H25N5O2/c1-17(2)15-24(31)26-20-11-13-21(14-12-20)27-25(32)19-9-7-18(8-10-19)16-30-23-6-4-3-5-22(23)28-29-30/h3-14,17H,15-16H2,1-2H3,(H,26,31)(H,27,32). The first-order valence-electron chi connectivity index (χ1n) is 10.6. The zero-order chi connectivity index (χ0) is 22.5. The van der Waals surface area contributed by atoms with Gasteiger partial charge in [0.2, 0.25) is 5.91 Å². The predicted molar refractivity (Wildman–Crippen MR) is 126 cm³/mol. The van der Waals surface area contributed by atoms with Crippen LogP contribution in [0.3, 0.4) is 0 Å². The normalized spacial score (nSPS) is 11.0. The van der Waals surface area contributed by atoms with E-state index in [4.69, 9.17) is 0 Å². The van der Waals surface area contributed by atoms with Gasteiger partial charge in [-0.15, -0.1) is 5.10 Å². The number of carbonyl (C=O) groups excluding carboxylic acids is 2. The molecule has 4 rings (SSSR count). The molecule has 4 aromatic rings. The lowest BCUT2D eigenvalue weighted by Gasteiger charge is -2.09. The van der Waals surface area contributed by atoms with Gasteiger partial charge in [0.05, 0.1) is 12.1 Å². The molecule has 0 saturated carbocycles. The van der Waals surface area contributed by atoms with Crippen molar-refractivity contribution in [3.8, 4) is 0 Å². The maximum absolute atomic E-state index is 12.6. The highest BCUT2D eigenvalue weighted by molar-refractivity contribution is 6.04. The van der Waals surface area contributed by atoms with Gasteiger partial charge in [0, 0.05) is 23.4 Å². The van der Waals surface area contributed by atoms with Crippen molar-refractivity contribution in [1.29, 1.82) is 0 Å². The molecule has 0 aliphatic carbocycles. The second kappa shape index (κ2) is 9.43. The average Bonchev–Trinajstić information content (AvgIpc) is 3.18. The third kappa shape index (κ3) is 5.18. The SMILES string of the molecule is CC(C)CC(=O)Nc1ccc(NC(=O)c2ccc(Cn3nnc4ccccc43)cc2)cc1. The van der Waals surface area contributed by atoms with Crippen LogP contribution in [0.15, 0.2) is 72.8 Å². The topological polar surface area (TPSA) is 88.9 Å². The molecule has 0 aliphatic heterocycles. The van der Waals surface area contributed by atoms with Crippen LogP contribution in [0.1, 0.15) is 36.2 Å². The van der Waals surface area contributed by atoms with Crippen molar-refractivity contribution in [2.45, 2.75) is 26.8 Å². The predicted octanol–water partition coefficient (Wildman–Crippen LogP) is 4.72. The summed E-state index contributed by atoms with van der Waals surface area (Å²) in [4.78, 5) is 24.5. The number of anilines is 2. The number of rotatable bonds is 7. The van der Waals surface area contributed by atoms with Gasteiger partial charge in [0.25, 0.3) is 5.91 Å². The molecule has 0 spiro atoms. The number of amides is 2. The van der Waals surface area contributed by atoms with Crippen LogP contribution in [0.4, 0.5) is 11.4 Å². The van der Waals surface area contributed by atoms with E-state index in [1.54, 1.807) is 36.4 Å². The van der Waals surface area contributed by atoms with Gasteiger partial charge in [-0.25, -0.2) is 4.68 Å². The van der Waals surface area contributed by atoms with Gasteiger partial charge in [-0.3, -0.25) is 9.59 Å². The molecule has 162 valence electrons. The van der Waals surface area contributed by atoms with E-state index < -0.39 is 0 Å². The molecule has 32 heavy (non-hydrogen) atoms. The van der Waals surface area contributed by atoms with Crippen molar-refractivity contribution in [3.05, 3.63) is 83.9 Å². The van der Waals surface area contributed by atoms with Crippen molar-refractivity contribution >= 4 is 34.2 Å². The molecule has 0 bridgehead atoms. The van der Waals surface area contributed by atoms with E-state index in [0.717, 1.165) is 16.6 Å². The van der Waals surface area contributed by atoms with Crippen LogP contribution in [0.5, 0.6) is 0 Å². The smallest absolute Gasteiger partial charge is 0.255 e. The highest BCUT2D eigenvalue weighted by Crippen LogP contribution is 2.17. The minimum atomic E-state index is -0.195. The van der Waals surface area contributed by atoms with Crippen LogP contribution in [0, 0.1) is 5.92 Å². The van der Waals surface area contributed by atoms with Crippen LogP contribution >= 0.6 is 0 Å². The van der Waals surface area contributed by atoms with Crippen LogP contribution < -0.4 is 10.6 Å². The minimum Gasteiger partial charge on any atom is -0.326 e. The van der Waals surface area contributed by atoms with E-state index in [9.17, 15) is 9.59 Å². The van der Waals surface area contributed by atoms with E-state index >= 15 is 0 Å². The van der Waals surface area contributed by atoms with Crippen molar-refractivity contribution in [1.82, 2.24) is 15.0 Å². The third-order valence-electron chi connectivity index (χ3n) is 4.99. The molecule has 0 aliphatic rings. The Morgan fingerprint density at radius 3 is 2.22 bits per heavy atom. The summed E-state index contributed by atoms with van der Waals surface area (Å²) in [7, 11) is 0. The van der Waals surface area contributed by atoms with Gasteiger partial charge in [-0.05, 0) is 60.0 Å². The van der Waals surface area contributed by atoms with E-state index in [1.807, 2.05) is 54.9 Å². The second-order valence-electron chi connectivity index (χ2n) is 8.11. The summed E-state index contributed by atoms with van der Waals surface area (Å²) in [5, 5.41) is 14.1. The summed E-state index contributed by atoms with van der Waals surface area (Å²) in [5.74, 6) is 0.0885. The number of carbonyl (C=O) groups is 2. The summed E-state index contributed by atoms with van der Waals surface area (Å²) in [6.45, 7) is 4.58. The number of hydrogen-bond donors (Lipinski definition) is 2. The molecule has 0 saturated heterocycles. The summed E-state index contributed by atoms with van der Waals surface area (Å²) in [6.07, 6.45) is 0.474. The van der Waals surface area contributed by atoms with Gasteiger partial charge < -0.3 is 10.6 Å². The van der Waals surface area contributed by atoms with Gasteiger partial charge in [-0.2, -0.15) is 0 Å². The Kier molecular flexibility index (Phi) is 6.26. The van der Waals surface area contributed by atoms with Crippen LogP contribution in [-0.2, 0) is 11.3 Å². The van der Waals surface area contributed by atoms with Gasteiger partial charge in [0.1, 0.15) is 5.52 Å². The fraction of sp³-hybridized carbons (Fsp3) is 0.200. The minimum absolute atomic E-state index is 0.0178. The molecule has 0 atom stereocenters. The van der Waals surface area contributed by atoms with E-state index in [2.05, 4.69) is 20.9 Å². The fourth-order valence-corrected chi connectivity index (χ4v) is 3.39. The monoisotopic (exact) mass is 427 g/mol. The molecule has 3 aromatic carbocycles. The number of aromatic nitrogens is 3. The first kappa shape index (κ1) is 21.2. The zero-order valence-corrected chi connectivity index (χ0v) is 18.1. The summed E-state index contributed by atoms with van der Waals surface area (Å²) < 4.78 is 1.84. The number of hydrogen-bond acceptors (Lipinski definition) is 4. The highest BCUT2D eigenvalue weighted by atomic mass is 16.2. The van der Waals surface area contributed by atoms with Gasteiger partial charge >= 0.3 is 0 Å². The Hall–Kier alpha value is -4.00. The van der Waals surface area contributed by atoms with Crippen LogP contribution in [-0.4, -0.2) is 26.8 Å². The quantitative estimate of drug-likeness (QED) is 0.447. The first-order valence-corrected chi connectivity index (χ1v) is 10.6. The van der Waals surface area contributed by atoms with Gasteiger partial charge in [0.15, 0.2) is 0 Å². The number of para-hydroxylation sites is 1. The Labute approximate surface area is 186 Å². The largest absolute Gasteiger partial charge is 0.326 e. The Bertz CT molecular complexity index is 1230. The molecule has 7 nitrogen and oxygen atoms in total. The molecule has 1 aromatic heterocycles. The molecule has 2 amide bonds. The first-order chi connectivity index (χ1) is 15.5. The molecule has 1 heterocycles. The molecule has 7 heteroatoms. The Morgan fingerprint density at radius 1 is 0.875 bits per heavy atom. The van der Waals surface area contributed by atoms with Crippen molar-refractivity contribution in [2.24, 2.45) is 5.92 Å². The summed E-state index contributed by atoms with van der Waals surface area (Å²) in [6, 6.07) is 22.3. The van der Waals surface area contributed by atoms with Crippen molar-refractivity contribution in [2.75, 3.05) is 10.6 Å². The van der Waals surface area contributed by atoms with E-state index in [0.29, 0.717) is 35.8 Å². The zero-order valence-electron chi connectivity index (χ0n) is 18.1. The molecule has 0 fully saturated rings. The molecular weight excluding hydrogens is 402 g/mol. The maximum Gasteiger partial charge on any atom is 0.255 e. The summed E-state index contributed by atoms with van der Waals surface area (Å²) in [5.41, 5.74) is 4.78. The molecule has 0 unspecified atom stereocenters. The van der Waals surface area contributed by atoms with Crippen molar-refractivity contribution < 1.29 is 9.59 Å². The second-order valence-corrected chi connectivity index (χ2v) is 8.11. The van der Waals surface area contributed by atoms with Gasteiger partial charge in [-0.1, -0.05) is 43.3 Å². The van der Waals surface area contributed by atoms with E-state index in [1.165, 1.54) is 0 Å². The van der Waals surface area contributed by atoms with Crippen molar-refractivity contribution in [3.63, 3.8) is 0 Å². The van der Waals surface area contributed by atoms with Crippen LogP contribution in [0.2, 0.25) is 0 Å². The lowest BCUT2D eigenvalue weighted by molar-refractivity contribution is -0.116. The fourth-order valence-electron chi connectivity index (χ4n) is 3.39. The number of benzene rings is 3. The molecule has 2 N–H and O–H groups in total. The summed E-state index contributed by atoms with van der Waals surface area (Å²) >= 11 is 0. The molecule has 0 radical (unpaired) electrons. The van der Waals surface area contributed by atoms with Crippen LogP contribution in [0.25, 0.3) is 11.0 Å². The number of nitrogens with zero attached hydrogens (tertiary/aromatic N) is 3. The third-order valence-corrected chi connectivity index (χ3v) is 4.99. The average molecular weight is 428 g/mol. The lowest BCUT2D eigenvalue weighted by Crippen LogP contribution is -2.14. The number of fused-ring (bicyclic) bond motifs is 1. The Balaban J connectivity index is 1.36. The molecular formula is C25H25N5O2. The lowest BCUT2D eigenvalue weighted by atomic mass is 10.1. The Morgan fingerprint density at radius 2 is 1.53 bits per heavy atom. The van der Waals surface area contributed by atoms with E-state index in [-0.39, 0.29) is 11.8 Å². The number of nitrogens with one attached hydrogen (secondary N) is 2.